The SMILES string of the molecule is Cc1cccc(S(=O)(=O)N2CCc3cccc(COc4ccc(CCC(=O)O)c(F)c4)c32)c1. The summed E-state index contributed by atoms with van der Waals surface area (Å²) in [6.45, 7) is 2.26. The largest absolute Gasteiger partial charge is 0.489 e. The van der Waals surface area contributed by atoms with E-state index >= 15 is 0 Å². The molecule has 3 aromatic rings. The van der Waals surface area contributed by atoms with Gasteiger partial charge in [-0.3, -0.25) is 9.10 Å². The molecule has 6 nitrogen and oxygen atoms in total. The van der Waals surface area contributed by atoms with E-state index < -0.39 is 21.8 Å². The number of carboxylic acids is 1. The van der Waals surface area contributed by atoms with E-state index in [1.807, 2.05) is 25.1 Å². The fourth-order valence-electron chi connectivity index (χ4n) is 3.98. The highest BCUT2D eigenvalue weighted by Gasteiger charge is 2.32. The van der Waals surface area contributed by atoms with Crippen LogP contribution in [-0.2, 0) is 34.3 Å². The van der Waals surface area contributed by atoms with Gasteiger partial charge >= 0.3 is 5.97 Å². The van der Waals surface area contributed by atoms with Gasteiger partial charge in [0.2, 0.25) is 0 Å². The van der Waals surface area contributed by atoms with Gasteiger partial charge in [0.1, 0.15) is 18.2 Å². The number of ether oxygens (including phenoxy) is 1. The van der Waals surface area contributed by atoms with Gasteiger partial charge in [0, 0.05) is 24.6 Å². The van der Waals surface area contributed by atoms with Crippen LogP contribution in [0.1, 0.15) is 28.7 Å². The minimum atomic E-state index is -3.74. The van der Waals surface area contributed by atoms with Crippen LogP contribution in [0.3, 0.4) is 0 Å². The number of sulfonamides is 1. The Morgan fingerprint density at radius 1 is 1.09 bits per heavy atom. The molecular formula is C25H24FNO5S. The van der Waals surface area contributed by atoms with Gasteiger partial charge < -0.3 is 9.84 Å². The lowest BCUT2D eigenvalue weighted by molar-refractivity contribution is -0.136. The zero-order chi connectivity index (χ0) is 23.6. The monoisotopic (exact) mass is 469 g/mol. The van der Waals surface area contributed by atoms with Crippen LogP contribution in [0.5, 0.6) is 5.75 Å². The average molecular weight is 470 g/mol. The number of halogens is 1. The zero-order valence-corrected chi connectivity index (χ0v) is 18.9. The Labute approximate surface area is 192 Å². The summed E-state index contributed by atoms with van der Waals surface area (Å²) in [6, 6.07) is 16.7. The standard InChI is InChI=1S/C25H24FNO5S/c1-17-4-2-7-22(14-17)33(30,31)27-13-12-19-5-3-6-20(25(19)27)16-32-21-10-8-18(23(26)15-21)9-11-24(28)29/h2-8,10,14-15H,9,11-13,16H2,1H3,(H,28,29). The third-order valence-electron chi connectivity index (χ3n) is 5.64. The van der Waals surface area contributed by atoms with Gasteiger partial charge in [0.15, 0.2) is 0 Å². The highest BCUT2D eigenvalue weighted by atomic mass is 32.2. The number of para-hydroxylation sites is 1. The lowest BCUT2D eigenvalue weighted by Crippen LogP contribution is -2.30. The summed E-state index contributed by atoms with van der Waals surface area (Å²) in [6.07, 6.45) is 0.541. The number of carboxylic acid groups (broad SMARTS) is 1. The molecule has 4 rings (SSSR count). The topological polar surface area (TPSA) is 83.9 Å². The van der Waals surface area contributed by atoms with Crippen molar-refractivity contribution < 1.29 is 27.4 Å². The second-order valence-corrected chi connectivity index (χ2v) is 9.87. The number of carbonyl (C=O) groups is 1. The summed E-state index contributed by atoms with van der Waals surface area (Å²) in [7, 11) is -3.74. The molecule has 0 radical (unpaired) electrons. The molecule has 172 valence electrons. The maximum Gasteiger partial charge on any atom is 0.303 e. The third-order valence-corrected chi connectivity index (χ3v) is 7.44. The predicted molar refractivity (Wildman–Crippen MR) is 123 cm³/mol. The summed E-state index contributed by atoms with van der Waals surface area (Å²) in [4.78, 5) is 11.0. The van der Waals surface area contributed by atoms with Crippen molar-refractivity contribution in [2.24, 2.45) is 0 Å². The number of nitrogens with zero attached hydrogens (tertiary/aromatic N) is 1. The Hall–Kier alpha value is -3.39. The Bertz CT molecular complexity index is 1310. The Balaban J connectivity index is 1.56. The number of anilines is 1. The van der Waals surface area contributed by atoms with Crippen LogP contribution < -0.4 is 9.04 Å². The summed E-state index contributed by atoms with van der Waals surface area (Å²) in [5, 5.41) is 8.78. The normalized spacial score (nSPS) is 13.1. The van der Waals surface area contributed by atoms with Crippen molar-refractivity contribution in [3.63, 3.8) is 0 Å². The summed E-state index contributed by atoms with van der Waals surface area (Å²) < 4.78 is 48.3. The predicted octanol–water partition coefficient (Wildman–Crippen LogP) is 4.48. The van der Waals surface area contributed by atoms with Crippen molar-refractivity contribution in [1.82, 2.24) is 0 Å². The van der Waals surface area contributed by atoms with E-state index in [1.54, 1.807) is 30.3 Å². The third kappa shape index (κ3) is 4.85. The minimum absolute atomic E-state index is 0.0664. The Morgan fingerprint density at radius 2 is 1.88 bits per heavy atom. The smallest absolute Gasteiger partial charge is 0.303 e. The first-order valence-electron chi connectivity index (χ1n) is 10.6. The van der Waals surface area contributed by atoms with Crippen LogP contribution in [0.2, 0.25) is 0 Å². The molecule has 0 bridgehead atoms. The Morgan fingerprint density at radius 3 is 2.61 bits per heavy atom. The van der Waals surface area contributed by atoms with Crippen molar-refractivity contribution in [3.05, 3.63) is 88.7 Å². The molecule has 0 unspecified atom stereocenters. The number of aliphatic carboxylic acids is 1. The molecule has 0 atom stereocenters. The molecule has 3 aromatic carbocycles. The lowest BCUT2D eigenvalue weighted by atomic mass is 10.1. The van der Waals surface area contributed by atoms with Gasteiger partial charge in [-0.2, -0.15) is 0 Å². The quantitative estimate of drug-likeness (QED) is 0.526. The van der Waals surface area contributed by atoms with Gasteiger partial charge in [-0.15, -0.1) is 0 Å². The van der Waals surface area contributed by atoms with E-state index in [9.17, 15) is 17.6 Å². The van der Waals surface area contributed by atoms with Crippen molar-refractivity contribution in [1.29, 1.82) is 0 Å². The van der Waals surface area contributed by atoms with Gasteiger partial charge in [-0.25, -0.2) is 12.8 Å². The molecule has 0 saturated carbocycles. The molecule has 0 fully saturated rings. The molecule has 0 aromatic heterocycles. The van der Waals surface area contributed by atoms with E-state index in [0.717, 1.165) is 11.1 Å². The van der Waals surface area contributed by atoms with Crippen LogP contribution in [0.25, 0.3) is 0 Å². The van der Waals surface area contributed by atoms with Crippen molar-refractivity contribution in [3.8, 4) is 5.75 Å². The molecule has 8 heteroatoms. The van der Waals surface area contributed by atoms with Crippen LogP contribution in [0.15, 0.2) is 65.6 Å². The lowest BCUT2D eigenvalue weighted by Gasteiger charge is -2.22. The van der Waals surface area contributed by atoms with Gasteiger partial charge in [0.25, 0.3) is 10.0 Å². The highest BCUT2D eigenvalue weighted by molar-refractivity contribution is 7.92. The highest BCUT2D eigenvalue weighted by Crippen LogP contribution is 2.36. The van der Waals surface area contributed by atoms with Gasteiger partial charge in [-0.1, -0.05) is 36.4 Å². The maximum atomic E-state index is 14.3. The molecule has 1 aliphatic heterocycles. The number of hydrogen-bond acceptors (Lipinski definition) is 4. The van der Waals surface area contributed by atoms with Crippen LogP contribution in [0, 0.1) is 12.7 Å². The first-order chi connectivity index (χ1) is 15.8. The molecule has 0 amide bonds. The van der Waals surface area contributed by atoms with Crippen LogP contribution >= 0.6 is 0 Å². The van der Waals surface area contributed by atoms with Crippen LogP contribution in [0.4, 0.5) is 10.1 Å². The van der Waals surface area contributed by atoms with Crippen molar-refractivity contribution in [2.75, 3.05) is 10.8 Å². The number of aryl methyl sites for hydroxylation is 2. The Kier molecular flexibility index (Phi) is 6.37. The van der Waals surface area contributed by atoms with E-state index in [2.05, 4.69) is 0 Å². The molecule has 1 aliphatic rings. The van der Waals surface area contributed by atoms with E-state index in [-0.39, 0.29) is 30.1 Å². The second kappa shape index (κ2) is 9.23. The zero-order valence-electron chi connectivity index (χ0n) is 18.1. The van der Waals surface area contributed by atoms with Crippen LogP contribution in [-0.4, -0.2) is 26.0 Å². The van der Waals surface area contributed by atoms with E-state index in [4.69, 9.17) is 9.84 Å². The minimum Gasteiger partial charge on any atom is -0.489 e. The molecule has 33 heavy (non-hydrogen) atoms. The molecule has 1 N–H and O–H groups in total. The second-order valence-electron chi connectivity index (χ2n) is 8.00. The van der Waals surface area contributed by atoms with E-state index in [0.29, 0.717) is 29.8 Å². The fraction of sp³-hybridized carbons (Fsp3) is 0.240. The number of benzene rings is 3. The van der Waals surface area contributed by atoms with Gasteiger partial charge in [0.05, 0.1) is 10.6 Å². The maximum absolute atomic E-state index is 14.3. The molecule has 1 heterocycles. The molecule has 0 saturated heterocycles. The summed E-state index contributed by atoms with van der Waals surface area (Å²) in [5.41, 5.74) is 3.39. The number of rotatable bonds is 8. The average Bonchev–Trinajstić information content (AvgIpc) is 3.22. The molecule has 0 aliphatic carbocycles. The van der Waals surface area contributed by atoms with E-state index in [1.165, 1.54) is 16.4 Å². The number of hydrogen-bond donors (Lipinski definition) is 1. The van der Waals surface area contributed by atoms with Crippen molar-refractivity contribution >= 4 is 21.7 Å². The number of fused-ring (bicyclic) bond motifs is 1. The van der Waals surface area contributed by atoms with Gasteiger partial charge in [-0.05, 0) is 54.7 Å². The fourth-order valence-corrected chi connectivity index (χ4v) is 5.63. The molecule has 0 spiro atoms. The first-order valence-corrected chi connectivity index (χ1v) is 12.0. The summed E-state index contributed by atoms with van der Waals surface area (Å²) in [5.74, 6) is -1.23. The van der Waals surface area contributed by atoms with Crippen molar-refractivity contribution in [2.45, 2.75) is 37.7 Å². The summed E-state index contributed by atoms with van der Waals surface area (Å²) >= 11 is 0. The molecular weight excluding hydrogens is 445 g/mol. The first kappa shape index (κ1) is 22.8.